The number of carbonyl (C=O) groups excluding carboxylic acids is 2. The van der Waals surface area contributed by atoms with E-state index in [1.165, 1.54) is 12.8 Å². The lowest BCUT2D eigenvalue weighted by Crippen LogP contribution is -2.30. The van der Waals surface area contributed by atoms with Crippen LogP contribution in [0.4, 0.5) is 0 Å². The summed E-state index contributed by atoms with van der Waals surface area (Å²) in [6.07, 6.45) is 3.16. The highest BCUT2D eigenvalue weighted by Gasteiger charge is 2.28. The van der Waals surface area contributed by atoms with Gasteiger partial charge in [0.15, 0.2) is 0 Å². The van der Waals surface area contributed by atoms with Gasteiger partial charge in [-0.25, -0.2) is 0 Å². The zero-order chi connectivity index (χ0) is 19.5. The van der Waals surface area contributed by atoms with E-state index in [0.29, 0.717) is 43.5 Å². The molecule has 2 amide bonds. The molecule has 6 heteroatoms. The van der Waals surface area contributed by atoms with Crippen molar-refractivity contribution in [3.8, 4) is 0 Å². The van der Waals surface area contributed by atoms with Crippen molar-refractivity contribution in [2.24, 2.45) is 5.92 Å². The number of fused-ring (bicyclic) bond motifs is 1. The number of hydrogen-bond donors (Lipinski definition) is 2. The first-order valence-electron chi connectivity index (χ1n) is 10.1. The van der Waals surface area contributed by atoms with Crippen molar-refractivity contribution in [1.29, 1.82) is 0 Å². The molecule has 1 atom stereocenters. The summed E-state index contributed by atoms with van der Waals surface area (Å²) in [6, 6.07) is 11.6. The Morgan fingerprint density at radius 2 is 2.00 bits per heavy atom. The molecule has 1 unspecified atom stereocenters. The number of nitrogens with zero attached hydrogens (tertiary/aromatic N) is 1. The molecule has 1 aromatic heterocycles. The molecule has 1 fully saturated rings. The molecule has 1 aromatic carbocycles. The fraction of sp³-hybridized carbons (Fsp3) is 0.455. The molecule has 0 spiro atoms. The Kier molecular flexibility index (Phi) is 5.48. The molecule has 1 saturated carbocycles. The third kappa shape index (κ3) is 3.97. The van der Waals surface area contributed by atoms with Gasteiger partial charge in [-0.05, 0) is 36.8 Å². The lowest BCUT2D eigenvalue weighted by atomic mass is 10.0. The Morgan fingerprint density at radius 3 is 2.71 bits per heavy atom. The van der Waals surface area contributed by atoms with Gasteiger partial charge < -0.3 is 19.9 Å². The van der Waals surface area contributed by atoms with Crippen LogP contribution in [-0.2, 0) is 17.9 Å². The van der Waals surface area contributed by atoms with Crippen molar-refractivity contribution in [3.05, 3.63) is 58.9 Å². The third-order valence-electron chi connectivity index (χ3n) is 5.55. The fourth-order valence-corrected chi connectivity index (χ4v) is 3.70. The van der Waals surface area contributed by atoms with Gasteiger partial charge in [0, 0.05) is 13.1 Å². The molecule has 2 N–H and O–H groups in total. The fourth-order valence-electron chi connectivity index (χ4n) is 3.70. The number of amides is 2. The second kappa shape index (κ2) is 8.19. The minimum atomic E-state index is -0.161. The van der Waals surface area contributed by atoms with Gasteiger partial charge in [0.1, 0.15) is 5.69 Å². The minimum Gasteiger partial charge on any atom is -0.373 e. The zero-order valence-electron chi connectivity index (χ0n) is 16.2. The van der Waals surface area contributed by atoms with Gasteiger partial charge in [0.2, 0.25) is 0 Å². The van der Waals surface area contributed by atoms with Crippen LogP contribution in [-0.4, -0.2) is 29.5 Å². The number of nitrogens with one attached hydrogen (secondary N) is 2. The molecule has 0 bridgehead atoms. The molecular formula is C22H27N3O3. The van der Waals surface area contributed by atoms with Crippen LogP contribution in [0.5, 0.6) is 0 Å². The highest BCUT2D eigenvalue weighted by atomic mass is 16.5. The van der Waals surface area contributed by atoms with Crippen LogP contribution in [0.25, 0.3) is 0 Å². The first-order valence-corrected chi connectivity index (χ1v) is 10.1. The Hall–Kier alpha value is -2.60. The Bertz CT molecular complexity index is 855. The molecule has 0 radical (unpaired) electrons. The number of rotatable bonds is 7. The van der Waals surface area contributed by atoms with Crippen LogP contribution in [0.1, 0.15) is 64.3 Å². The first kappa shape index (κ1) is 18.7. The summed E-state index contributed by atoms with van der Waals surface area (Å²) in [5.41, 5.74) is 2.94. The van der Waals surface area contributed by atoms with Crippen molar-refractivity contribution in [2.75, 3.05) is 13.2 Å². The van der Waals surface area contributed by atoms with Crippen LogP contribution < -0.4 is 10.6 Å². The molecule has 148 valence electrons. The van der Waals surface area contributed by atoms with E-state index in [9.17, 15) is 9.59 Å². The second-order valence-corrected chi connectivity index (χ2v) is 7.59. The normalized spacial score (nSPS) is 16.9. The van der Waals surface area contributed by atoms with Crippen molar-refractivity contribution >= 4 is 11.8 Å². The third-order valence-corrected chi connectivity index (χ3v) is 5.55. The van der Waals surface area contributed by atoms with E-state index in [1.807, 2.05) is 41.8 Å². The van der Waals surface area contributed by atoms with Crippen molar-refractivity contribution in [1.82, 2.24) is 15.2 Å². The summed E-state index contributed by atoms with van der Waals surface area (Å²) >= 11 is 0. The van der Waals surface area contributed by atoms with Gasteiger partial charge in [-0.3, -0.25) is 9.59 Å². The molecule has 1 aliphatic carbocycles. The highest BCUT2D eigenvalue weighted by molar-refractivity contribution is 6.00. The van der Waals surface area contributed by atoms with Gasteiger partial charge in [-0.15, -0.1) is 0 Å². The second-order valence-electron chi connectivity index (χ2n) is 7.59. The number of hydrogen-bond acceptors (Lipinski definition) is 3. The number of ether oxygens (including phenoxy) is 1. The summed E-state index contributed by atoms with van der Waals surface area (Å²) in [7, 11) is 0. The largest absolute Gasteiger partial charge is 0.373 e. The summed E-state index contributed by atoms with van der Waals surface area (Å²) < 4.78 is 7.51. The summed E-state index contributed by atoms with van der Waals surface area (Å²) in [6.45, 7) is 4.25. The van der Waals surface area contributed by atoms with Crippen LogP contribution in [0.3, 0.4) is 0 Å². The van der Waals surface area contributed by atoms with E-state index >= 15 is 0 Å². The Labute approximate surface area is 165 Å². The highest BCUT2D eigenvalue weighted by Crippen LogP contribution is 2.28. The molecule has 2 heterocycles. The Balaban J connectivity index is 1.56. The van der Waals surface area contributed by atoms with Crippen LogP contribution in [0.2, 0.25) is 0 Å². The summed E-state index contributed by atoms with van der Waals surface area (Å²) in [5.74, 6) is 0.345. The zero-order valence-corrected chi connectivity index (χ0v) is 16.2. The van der Waals surface area contributed by atoms with E-state index < -0.39 is 0 Å². The molecule has 0 saturated heterocycles. The van der Waals surface area contributed by atoms with Crippen molar-refractivity contribution in [2.45, 2.75) is 45.4 Å². The van der Waals surface area contributed by atoms with Crippen molar-refractivity contribution in [3.63, 3.8) is 0 Å². The summed E-state index contributed by atoms with van der Waals surface area (Å²) in [5, 5.41) is 6.13. The lowest BCUT2D eigenvalue weighted by Gasteiger charge is -2.20. The van der Waals surface area contributed by atoms with E-state index in [1.54, 1.807) is 6.07 Å². The molecule has 6 nitrogen and oxygen atoms in total. The standard InChI is InChI=1S/C22H27N3O3/c1-2-18(16-6-4-3-5-7-16)24-21(26)17-12-19(22(27)23-13-15-8-9-15)25-10-11-28-14-20(17)25/h3-7,12,15,18H,2,8-11,13-14H2,1H3,(H,23,27)(H,24,26). The maximum Gasteiger partial charge on any atom is 0.267 e. The van der Waals surface area contributed by atoms with Gasteiger partial charge >= 0.3 is 0 Å². The molecule has 28 heavy (non-hydrogen) atoms. The quantitative estimate of drug-likeness (QED) is 0.774. The van der Waals surface area contributed by atoms with Gasteiger partial charge in [-0.1, -0.05) is 37.3 Å². The monoisotopic (exact) mass is 381 g/mol. The summed E-state index contributed by atoms with van der Waals surface area (Å²) in [4.78, 5) is 25.7. The van der Waals surface area contributed by atoms with Crippen LogP contribution in [0, 0.1) is 5.92 Å². The van der Waals surface area contributed by atoms with Crippen LogP contribution in [0.15, 0.2) is 36.4 Å². The molecule has 1 aliphatic heterocycles. The first-order chi connectivity index (χ1) is 13.7. The lowest BCUT2D eigenvalue weighted by molar-refractivity contribution is 0.0776. The predicted molar refractivity (Wildman–Crippen MR) is 106 cm³/mol. The number of benzene rings is 1. The van der Waals surface area contributed by atoms with E-state index in [0.717, 1.165) is 17.7 Å². The smallest absolute Gasteiger partial charge is 0.267 e. The predicted octanol–water partition coefficient (Wildman–Crippen LogP) is 3.04. The topological polar surface area (TPSA) is 72.4 Å². The average molecular weight is 381 g/mol. The molecular weight excluding hydrogens is 354 g/mol. The van der Waals surface area contributed by atoms with Gasteiger partial charge in [0.25, 0.3) is 11.8 Å². The molecule has 2 aromatic rings. The van der Waals surface area contributed by atoms with Gasteiger partial charge in [-0.2, -0.15) is 0 Å². The van der Waals surface area contributed by atoms with Crippen LogP contribution >= 0.6 is 0 Å². The maximum absolute atomic E-state index is 13.1. The van der Waals surface area contributed by atoms with Crippen molar-refractivity contribution < 1.29 is 14.3 Å². The minimum absolute atomic E-state index is 0.0686. The number of carbonyl (C=O) groups is 2. The van der Waals surface area contributed by atoms with E-state index in [4.69, 9.17) is 4.74 Å². The average Bonchev–Trinajstić information content (AvgIpc) is 3.49. The maximum atomic E-state index is 13.1. The van der Waals surface area contributed by atoms with Gasteiger partial charge in [0.05, 0.1) is 30.5 Å². The SMILES string of the molecule is CCC(NC(=O)c1cc(C(=O)NCC2CC2)n2c1COCC2)c1ccccc1. The molecule has 4 rings (SSSR count). The Morgan fingerprint density at radius 1 is 1.21 bits per heavy atom. The van der Waals surface area contributed by atoms with E-state index in [2.05, 4.69) is 10.6 Å². The molecule has 2 aliphatic rings. The number of aromatic nitrogens is 1. The van der Waals surface area contributed by atoms with E-state index in [-0.39, 0.29) is 17.9 Å².